The molecule has 0 aliphatic carbocycles. The second kappa shape index (κ2) is 5.51. The molecule has 4 rings (SSSR count). The summed E-state index contributed by atoms with van der Waals surface area (Å²) in [7, 11) is 0. The second-order valence-electron chi connectivity index (χ2n) is 5.80. The fraction of sp³-hybridized carbons (Fsp3) is 0.222. The van der Waals surface area contributed by atoms with Gasteiger partial charge in [-0.1, -0.05) is 0 Å². The number of fused-ring (bicyclic) bond motifs is 1. The molecule has 0 saturated heterocycles. The highest BCUT2D eigenvalue weighted by atomic mass is 32.1. The Morgan fingerprint density at radius 3 is 1.39 bits per heavy atom. The van der Waals surface area contributed by atoms with E-state index in [-0.39, 0.29) is 0 Å². The number of benzene rings is 1. The highest BCUT2D eigenvalue weighted by Gasteiger charge is 2.17. The van der Waals surface area contributed by atoms with Crippen molar-refractivity contribution in [3.8, 4) is 22.3 Å². The van der Waals surface area contributed by atoms with Gasteiger partial charge >= 0.3 is 0 Å². The molecule has 23 heavy (non-hydrogen) atoms. The van der Waals surface area contributed by atoms with Crippen LogP contribution in [-0.2, 0) is 0 Å². The maximum absolute atomic E-state index is 4.44. The van der Waals surface area contributed by atoms with Crippen LogP contribution in [0, 0.1) is 27.7 Å². The fourth-order valence-corrected chi connectivity index (χ4v) is 5.46. The van der Waals surface area contributed by atoms with Crippen LogP contribution >= 0.6 is 34.4 Å². The molecule has 3 heterocycles. The van der Waals surface area contributed by atoms with Gasteiger partial charge in [-0.05, 0) is 74.2 Å². The largest absolute Gasteiger partial charge is 0.173 e. The van der Waals surface area contributed by atoms with Crippen molar-refractivity contribution in [2.24, 2.45) is 0 Å². The van der Waals surface area contributed by atoms with Crippen molar-refractivity contribution >= 4 is 45.4 Å². The molecule has 5 heteroatoms. The lowest BCUT2D eigenvalue weighted by Gasteiger charge is -2.10. The highest BCUT2D eigenvalue weighted by molar-refractivity contribution is 7.12. The molecule has 4 aromatic rings. The van der Waals surface area contributed by atoms with E-state index in [9.17, 15) is 0 Å². The zero-order chi connectivity index (χ0) is 16.1. The zero-order valence-electron chi connectivity index (χ0n) is 13.4. The van der Waals surface area contributed by atoms with E-state index in [0.717, 1.165) is 11.0 Å². The first kappa shape index (κ1) is 15.0. The quantitative estimate of drug-likeness (QED) is 0.416. The van der Waals surface area contributed by atoms with Gasteiger partial charge in [0.25, 0.3) is 0 Å². The van der Waals surface area contributed by atoms with Crippen molar-refractivity contribution < 1.29 is 0 Å². The summed E-state index contributed by atoms with van der Waals surface area (Å²) in [5.74, 6) is 0. The third-order valence-corrected chi connectivity index (χ3v) is 6.54. The van der Waals surface area contributed by atoms with E-state index in [1.807, 2.05) is 22.7 Å². The maximum atomic E-state index is 4.44. The standard InChI is InChI=1S/C18H16N2S3/c1-9-5-13(11(3)21-9)15-7-17-18(20-23-19-17)8-16(15)14-6-10(2)22-12(14)4/h5-8H,1-4H3. The lowest BCUT2D eigenvalue weighted by atomic mass is 9.94. The number of hydrogen-bond donors (Lipinski definition) is 0. The second-order valence-corrected chi connectivity index (χ2v) is 9.25. The summed E-state index contributed by atoms with van der Waals surface area (Å²) in [5.41, 5.74) is 7.16. The summed E-state index contributed by atoms with van der Waals surface area (Å²) in [6.07, 6.45) is 0. The minimum atomic E-state index is 0.988. The highest BCUT2D eigenvalue weighted by Crippen LogP contribution is 2.42. The van der Waals surface area contributed by atoms with Crippen LogP contribution in [-0.4, -0.2) is 8.75 Å². The summed E-state index contributed by atoms with van der Waals surface area (Å²) < 4.78 is 8.88. The zero-order valence-corrected chi connectivity index (χ0v) is 15.9. The van der Waals surface area contributed by atoms with E-state index in [2.05, 4.69) is 60.7 Å². The molecular formula is C18H16N2S3. The molecule has 0 amide bonds. The van der Waals surface area contributed by atoms with Gasteiger partial charge in [-0.2, -0.15) is 8.75 Å². The van der Waals surface area contributed by atoms with Crippen LogP contribution in [0.25, 0.3) is 33.3 Å². The lowest BCUT2D eigenvalue weighted by Crippen LogP contribution is -1.87. The first-order chi connectivity index (χ1) is 11.0. The van der Waals surface area contributed by atoms with Gasteiger partial charge in [0.2, 0.25) is 0 Å². The molecule has 0 spiro atoms. The van der Waals surface area contributed by atoms with Gasteiger partial charge < -0.3 is 0 Å². The average Bonchev–Trinajstić information content (AvgIpc) is 3.16. The summed E-state index contributed by atoms with van der Waals surface area (Å²) in [4.78, 5) is 5.41. The summed E-state index contributed by atoms with van der Waals surface area (Å²) in [6, 6.07) is 8.99. The molecule has 0 atom stereocenters. The Morgan fingerprint density at radius 2 is 1.04 bits per heavy atom. The normalized spacial score (nSPS) is 11.5. The van der Waals surface area contributed by atoms with Crippen LogP contribution in [0.5, 0.6) is 0 Å². The summed E-state index contributed by atoms with van der Waals surface area (Å²) >= 11 is 4.99. The van der Waals surface area contributed by atoms with Gasteiger partial charge in [0, 0.05) is 19.5 Å². The smallest absolute Gasteiger partial charge is 0.105 e. The van der Waals surface area contributed by atoms with E-state index < -0.39 is 0 Å². The molecule has 0 fully saturated rings. The molecule has 0 aliphatic heterocycles. The number of rotatable bonds is 2. The Kier molecular flexibility index (Phi) is 3.59. The Balaban J connectivity index is 2.07. The molecule has 2 nitrogen and oxygen atoms in total. The van der Waals surface area contributed by atoms with Gasteiger partial charge in [0.1, 0.15) is 11.0 Å². The summed E-state index contributed by atoms with van der Waals surface area (Å²) in [5, 5.41) is 0. The van der Waals surface area contributed by atoms with Crippen molar-refractivity contribution in [1.29, 1.82) is 0 Å². The lowest BCUT2D eigenvalue weighted by molar-refractivity contribution is 1.53. The van der Waals surface area contributed by atoms with E-state index in [4.69, 9.17) is 0 Å². The minimum Gasteiger partial charge on any atom is -0.173 e. The molecule has 0 N–H and O–H groups in total. The third-order valence-electron chi connectivity index (χ3n) is 4.06. The predicted molar refractivity (Wildman–Crippen MR) is 103 cm³/mol. The number of thiophene rings is 2. The van der Waals surface area contributed by atoms with Crippen LogP contribution < -0.4 is 0 Å². The van der Waals surface area contributed by atoms with Gasteiger partial charge in [-0.25, -0.2) is 0 Å². The molecule has 0 bridgehead atoms. The first-order valence-corrected chi connectivity index (χ1v) is 9.80. The van der Waals surface area contributed by atoms with Crippen molar-refractivity contribution in [2.75, 3.05) is 0 Å². The van der Waals surface area contributed by atoms with Gasteiger partial charge in [-0.3, -0.25) is 0 Å². The Morgan fingerprint density at radius 1 is 0.609 bits per heavy atom. The molecule has 0 saturated carbocycles. The Hall–Kier alpha value is -1.56. The van der Waals surface area contributed by atoms with Gasteiger partial charge in [0.15, 0.2) is 0 Å². The SMILES string of the molecule is Cc1cc(-c2cc3nsnc3cc2-c2cc(C)sc2C)c(C)s1. The van der Waals surface area contributed by atoms with Crippen LogP contribution in [0.3, 0.4) is 0 Å². The van der Waals surface area contributed by atoms with E-state index in [0.29, 0.717) is 0 Å². The van der Waals surface area contributed by atoms with Crippen LogP contribution in [0.4, 0.5) is 0 Å². The van der Waals surface area contributed by atoms with Gasteiger partial charge in [-0.15, -0.1) is 22.7 Å². The van der Waals surface area contributed by atoms with E-state index in [1.165, 1.54) is 53.5 Å². The molecule has 116 valence electrons. The molecule has 3 aromatic heterocycles. The number of nitrogens with zero attached hydrogens (tertiary/aromatic N) is 2. The molecule has 0 radical (unpaired) electrons. The molecule has 1 aromatic carbocycles. The van der Waals surface area contributed by atoms with Crippen molar-refractivity contribution in [3.63, 3.8) is 0 Å². The van der Waals surface area contributed by atoms with E-state index >= 15 is 0 Å². The Labute approximate surface area is 147 Å². The minimum absolute atomic E-state index is 0.988. The molecule has 0 unspecified atom stereocenters. The van der Waals surface area contributed by atoms with Crippen molar-refractivity contribution in [1.82, 2.24) is 8.75 Å². The molecular weight excluding hydrogens is 340 g/mol. The predicted octanol–water partition coefficient (Wildman–Crippen LogP) is 6.38. The average molecular weight is 357 g/mol. The number of hydrogen-bond acceptors (Lipinski definition) is 5. The van der Waals surface area contributed by atoms with Crippen molar-refractivity contribution in [3.05, 3.63) is 43.8 Å². The van der Waals surface area contributed by atoms with Crippen LogP contribution in [0.1, 0.15) is 19.5 Å². The maximum Gasteiger partial charge on any atom is 0.105 e. The molecule has 0 aliphatic rings. The van der Waals surface area contributed by atoms with Crippen molar-refractivity contribution in [2.45, 2.75) is 27.7 Å². The Bertz CT molecular complexity index is 940. The number of aromatic nitrogens is 2. The monoisotopic (exact) mass is 356 g/mol. The van der Waals surface area contributed by atoms with Crippen LogP contribution in [0.15, 0.2) is 24.3 Å². The third kappa shape index (κ3) is 2.53. The topological polar surface area (TPSA) is 25.8 Å². The number of aryl methyl sites for hydroxylation is 4. The van der Waals surface area contributed by atoms with E-state index in [1.54, 1.807) is 0 Å². The summed E-state index contributed by atoms with van der Waals surface area (Å²) in [6.45, 7) is 8.74. The van der Waals surface area contributed by atoms with Crippen LogP contribution in [0.2, 0.25) is 0 Å². The first-order valence-electron chi connectivity index (χ1n) is 7.44. The van der Waals surface area contributed by atoms with Gasteiger partial charge in [0.05, 0.1) is 11.7 Å². The fourth-order valence-electron chi connectivity index (χ4n) is 3.07.